The summed E-state index contributed by atoms with van der Waals surface area (Å²) in [6.07, 6.45) is -2.06. The number of halogens is 3. The van der Waals surface area contributed by atoms with Crippen molar-refractivity contribution in [2.75, 3.05) is 32.8 Å². The van der Waals surface area contributed by atoms with Crippen molar-refractivity contribution in [2.45, 2.75) is 37.5 Å². The zero-order valence-corrected chi connectivity index (χ0v) is 12.3. The molecule has 126 valence electrons. The van der Waals surface area contributed by atoms with Gasteiger partial charge in [-0.25, -0.2) is 4.79 Å². The van der Waals surface area contributed by atoms with Crippen LogP contribution in [0.2, 0.25) is 0 Å². The normalized spacial score (nSPS) is 22.2. The largest absolute Gasteiger partial charge is 0.417 e. The number of nitrogens with zero attached hydrogens (tertiary/aromatic N) is 1. The van der Waals surface area contributed by atoms with Crippen LogP contribution in [0.1, 0.15) is 25.7 Å². The lowest BCUT2D eigenvalue weighted by Gasteiger charge is -2.39. The Morgan fingerprint density at radius 3 is 2.64 bits per heavy atom. The molecule has 0 aliphatic carbocycles. The molecule has 0 bridgehead atoms. The SMILES string of the molecule is O=C(NCCC1=CCOCC1)N1CCC(O)(C(F)(F)F)CC1. The summed E-state index contributed by atoms with van der Waals surface area (Å²) >= 11 is 0. The molecule has 2 heterocycles. The molecule has 0 spiro atoms. The number of hydrogen-bond donors (Lipinski definition) is 2. The monoisotopic (exact) mass is 322 g/mol. The van der Waals surface area contributed by atoms with E-state index in [4.69, 9.17) is 4.74 Å². The molecular formula is C14H21F3N2O3. The van der Waals surface area contributed by atoms with E-state index < -0.39 is 24.6 Å². The topological polar surface area (TPSA) is 61.8 Å². The first-order valence-electron chi connectivity index (χ1n) is 7.39. The Labute approximate surface area is 127 Å². The molecular weight excluding hydrogens is 301 g/mol. The summed E-state index contributed by atoms with van der Waals surface area (Å²) in [5, 5.41) is 12.3. The maximum atomic E-state index is 12.7. The number of aliphatic hydroxyl groups is 1. The summed E-state index contributed by atoms with van der Waals surface area (Å²) in [6.45, 7) is 1.52. The number of piperidine rings is 1. The van der Waals surface area contributed by atoms with Gasteiger partial charge in [0.15, 0.2) is 5.60 Å². The van der Waals surface area contributed by atoms with Gasteiger partial charge in [-0.05, 0) is 12.8 Å². The number of rotatable bonds is 3. The van der Waals surface area contributed by atoms with Gasteiger partial charge in [0.05, 0.1) is 13.2 Å². The van der Waals surface area contributed by atoms with E-state index in [0.29, 0.717) is 19.8 Å². The lowest BCUT2D eigenvalue weighted by molar-refractivity contribution is -0.271. The fourth-order valence-electron chi connectivity index (χ4n) is 2.60. The number of nitrogens with one attached hydrogen (secondary N) is 1. The zero-order chi connectivity index (χ0) is 16.2. The minimum atomic E-state index is -4.65. The predicted octanol–water partition coefficient (Wildman–Crippen LogP) is 1.82. The molecule has 2 aliphatic heterocycles. The Kier molecular flexibility index (Phi) is 5.33. The predicted molar refractivity (Wildman–Crippen MR) is 73.3 cm³/mol. The highest BCUT2D eigenvalue weighted by atomic mass is 19.4. The van der Waals surface area contributed by atoms with E-state index in [1.54, 1.807) is 0 Å². The number of ether oxygens (including phenoxy) is 1. The Hall–Kier alpha value is -1.28. The van der Waals surface area contributed by atoms with Gasteiger partial charge < -0.3 is 20.1 Å². The van der Waals surface area contributed by atoms with Crippen LogP contribution in [0.4, 0.5) is 18.0 Å². The molecule has 0 saturated carbocycles. The van der Waals surface area contributed by atoms with Crippen molar-refractivity contribution in [3.8, 4) is 0 Å². The molecule has 1 saturated heterocycles. The van der Waals surface area contributed by atoms with Crippen LogP contribution in [0, 0.1) is 0 Å². The second-order valence-corrected chi connectivity index (χ2v) is 5.69. The summed E-state index contributed by atoms with van der Waals surface area (Å²) in [5.41, 5.74) is -1.45. The smallest absolute Gasteiger partial charge is 0.380 e. The van der Waals surface area contributed by atoms with Gasteiger partial charge >= 0.3 is 12.2 Å². The van der Waals surface area contributed by atoms with Crippen molar-refractivity contribution in [3.63, 3.8) is 0 Å². The van der Waals surface area contributed by atoms with Crippen LogP contribution in [-0.2, 0) is 4.74 Å². The minimum absolute atomic E-state index is 0.0988. The van der Waals surface area contributed by atoms with Crippen LogP contribution in [0.5, 0.6) is 0 Å². The van der Waals surface area contributed by atoms with Crippen LogP contribution in [0.15, 0.2) is 11.6 Å². The summed E-state index contributed by atoms with van der Waals surface area (Å²) < 4.78 is 43.2. The number of carbonyl (C=O) groups excluding carboxylic acids is 1. The van der Waals surface area contributed by atoms with E-state index in [9.17, 15) is 23.1 Å². The Bertz CT molecular complexity index is 430. The Morgan fingerprint density at radius 2 is 2.09 bits per heavy atom. The van der Waals surface area contributed by atoms with Crippen molar-refractivity contribution < 1.29 is 27.8 Å². The quantitative estimate of drug-likeness (QED) is 0.779. The van der Waals surface area contributed by atoms with Gasteiger partial charge in [0.2, 0.25) is 0 Å². The molecule has 0 aromatic carbocycles. The van der Waals surface area contributed by atoms with Crippen LogP contribution in [0.25, 0.3) is 0 Å². The van der Waals surface area contributed by atoms with Crippen LogP contribution < -0.4 is 5.32 Å². The first-order valence-corrected chi connectivity index (χ1v) is 7.39. The highest BCUT2D eigenvalue weighted by molar-refractivity contribution is 5.74. The van der Waals surface area contributed by atoms with Gasteiger partial charge in [-0.2, -0.15) is 13.2 Å². The molecule has 5 nitrogen and oxygen atoms in total. The average molecular weight is 322 g/mol. The number of hydrogen-bond acceptors (Lipinski definition) is 3. The first kappa shape index (κ1) is 17.1. The molecule has 0 aromatic heterocycles. The fourth-order valence-corrected chi connectivity index (χ4v) is 2.60. The number of likely N-dealkylation sites (tertiary alicyclic amines) is 1. The number of urea groups is 1. The average Bonchev–Trinajstić information content (AvgIpc) is 2.48. The summed E-state index contributed by atoms with van der Waals surface area (Å²) in [4.78, 5) is 13.2. The van der Waals surface area contributed by atoms with E-state index in [1.165, 1.54) is 10.5 Å². The highest BCUT2D eigenvalue weighted by Gasteiger charge is 2.54. The second-order valence-electron chi connectivity index (χ2n) is 5.69. The lowest BCUT2D eigenvalue weighted by Crippen LogP contribution is -2.55. The summed E-state index contributed by atoms with van der Waals surface area (Å²) in [5.74, 6) is 0. The third-order valence-corrected chi connectivity index (χ3v) is 4.19. The molecule has 22 heavy (non-hydrogen) atoms. The highest BCUT2D eigenvalue weighted by Crippen LogP contribution is 2.38. The molecule has 2 aliphatic rings. The standard InChI is InChI=1S/C14H21F3N2O3/c15-14(16,17)13(21)4-7-19(8-5-13)12(20)18-6-1-11-2-9-22-10-3-11/h2,21H,1,3-10H2,(H,18,20). The third-order valence-electron chi connectivity index (χ3n) is 4.19. The van der Waals surface area contributed by atoms with E-state index in [-0.39, 0.29) is 19.1 Å². The maximum absolute atomic E-state index is 12.7. The minimum Gasteiger partial charge on any atom is -0.380 e. The molecule has 0 radical (unpaired) electrons. The maximum Gasteiger partial charge on any atom is 0.417 e. The van der Waals surface area contributed by atoms with Gasteiger partial charge in [0.25, 0.3) is 0 Å². The second kappa shape index (κ2) is 6.87. The van der Waals surface area contributed by atoms with Crippen molar-refractivity contribution in [3.05, 3.63) is 11.6 Å². The molecule has 2 amide bonds. The van der Waals surface area contributed by atoms with Crippen LogP contribution in [-0.4, -0.2) is 60.7 Å². The van der Waals surface area contributed by atoms with Gasteiger partial charge in [-0.3, -0.25) is 0 Å². The summed E-state index contributed by atoms with van der Waals surface area (Å²) in [6, 6.07) is -0.378. The van der Waals surface area contributed by atoms with Gasteiger partial charge in [-0.15, -0.1) is 0 Å². The Balaban J connectivity index is 1.72. The molecule has 1 fully saturated rings. The zero-order valence-electron chi connectivity index (χ0n) is 12.3. The van der Waals surface area contributed by atoms with Crippen molar-refractivity contribution in [1.82, 2.24) is 10.2 Å². The molecule has 8 heteroatoms. The van der Waals surface area contributed by atoms with Gasteiger partial charge in [0, 0.05) is 32.5 Å². The number of alkyl halides is 3. The molecule has 0 aromatic rings. The fraction of sp³-hybridized carbons (Fsp3) is 0.786. The summed E-state index contributed by atoms with van der Waals surface area (Å²) in [7, 11) is 0. The van der Waals surface area contributed by atoms with Gasteiger partial charge in [-0.1, -0.05) is 11.6 Å². The van der Waals surface area contributed by atoms with Crippen molar-refractivity contribution in [1.29, 1.82) is 0 Å². The van der Waals surface area contributed by atoms with Crippen molar-refractivity contribution >= 4 is 6.03 Å². The Morgan fingerprint density at radius 1 is 1.41 bits per heavy atom. The van der Waals surface area contributed by atoms with Gasteiger partial charge in [0.1, 0.15) is 0 Å². The van der Waals surface area contributed by atoms with E-state index in [1.807, 2.05) is 6.08 Å². The van der Waals surface area contributed by atoms with Crippen LogP contribution >= 0.6 is 0 Å². The number of carbonyl (C=O) groups is 1. The molecule has 0 unspecified atom stereocenters. The van der Waals surface area contributed by atoms with E-state index in [0.717, 1.165) is 12.8 Å². The third kappa shape index (κ3) is 4.13. The lowest BCUT2D eigenvalue weighted by atomic mass is 9.91. The van der Waals surface area contributed by atoms with Crippen LogP contribution in [0.3, 0.4) is 0 Å². The number of amides is 2. The molecule has 2 rings (SSSR count). The van der Waals surface area contributed by atoms with Crippen molar-refractivity contribution in [2.24, 2.45) is 0 Å². The van der Waals surface area contributed by atoms with E-state index in [2.05, 4.69) is 5.32 Å². The van der Waals surface area contributed by atoms with E-state index >= 15 is 0 Å². The molecule has 0 atom stereocenters. The molecule has 2 N–H and O–H groups in total. The first-order chi connectivity index (χ1) is 10.3.